The Bertz CT molecular complexity index is 1300. The van der Waals surface area contributed by atoms with Crippen LogP contribution < -0.4 is 9.64 Å². The molecule has 0 saturated carbocycles. The molecule has 0 aliphatic carbocycles. The summed E-state index contributed by atoms with van der Waals surface area (Å²) in [5, 5.41) is 11.2. The fourth-order valence-corrected chi connectivity index (χ4v) is 4.14. The number of amides is 1. The average molecular weight is 486 g/mol. The number of carbonyl (C=O) groups excluding carboxylic acids is 3. The molecule has 0 aromatic heterocycles. The minimum absolute atomic E-state index is 0.0330. The molecule has 1 fully saturated rings. The van der Waals surface area contributed by atoms with Crippen molar-refractivity contribution in [2.45, 2.75) is 26.3 Å². The first-order valence-corrected chi connectivity index (χ1v) is 11.8. The molecule has 7 nitrogen and oxygen atoms in total. The highest BCUT2D eigenvalue weighted by Crippen LogP contribution is 2.42. The van der Waals surface area contributed by atoms with E-state index in [-0.39, 0.29) is 23.5 Å². The quantitative estimate of drug-likeness (QED) is 0.202. The molecule has 1 N–H and O–H groups in total. The second kappa shape index (κ2) is 10.9. The molecule has 0 spiro atoms. The Kier molecular flexibility index (Phi) is 7.49. The zero-order valence-electron chi connectivity index (χ0n) is 20.1. The molecule has 4 rings (SSSR count). The number of rotatable bonds is 8. The van der Waals surface area contributed by atoms with Crippen LogP contribution in [0.15, 0.2) is 84.4 Å². The Labute approximate surface area is 209 Å². The summed E-state index contributed by atoms with van der Waals surface area (Å²) in [6, 6.07) is 21.2. The van der Waals surface area contributed by atoms with Gasteiger partial charge in [-0.3, -0.25) is 14.5 Å². The van der Waals surface area contributed by atoms with Crippen molar-refractivity contribution in [3.8, 4) is 5.75 Å². The molecule has 0 radical (unpaired) electrons. The molecule has 1 unspecified atom stereocenters. The maximum absolute atomic E-state index is 13.3. The smallest absolute Gasteiger partial charge is 0.338 e. The summed E-state index contributed by atoms with van der Waals surface area (Å²) in [7, 11) is 0. The SMILES string of the molecule is CCCOC(=O)c1cccc(N2C(=O)C(=O)/C(=C(/O)c3ccc(OCC)cc3)C2c2ccccc2)c1. The molecule has 3 aromatic carbocycles. The van der Waals surface area contributed by atoms with Gasteiger partial charge in [0.05, 0.1) is 30.4 Å². The predicted molar refractivity (Wildman–Crippen MR) is 136 cm³/mol. The first-order valence-electron chi connectivity index (χ1n) is 11.8. The van der Waals surface area contributed by atoms with E-state index < -0.39 is 23.7 Å². The van der Waals surface area contributed by atoms with E-state index >= 15 is 0 Å². The molecular formula is C29H27NO6. The molecule has 1 saturated heterocycles. The number of anilines is 1. The van der Waals surface area contributed by atoms with Crippen molar-refractivity contribution >= 4 is 29.1 Å². The summed E-state index contributed by atoms with van der Waals surface area (Å²) in [6.07, 6.45) is 0.680. The molecule has 1 amide bonds. The van der Waals surface area contributed by atoms with Gasteiger partial charge in [-0.1, -0.05) is 43.3 Å². The molecule has 0 bridgehead atoms. The molecule has 1 atom stereocenters. The Hall–Kier alpha value is -4.39. The summed E-state index contributed by atoms with van der Waals surface area (Å²) in [5.74, 6) is -1.78. The van der Waals surface area contributed by atoms with E-state index in [1.54, 1.807) is 66.7 Å². The van der Waals surface area contributed by atoms with Crippen molar-refractivity contribution in [1.29, 1.82) is 0 Å². The van der Waals surface area contributed by atoms with Crippen LogP contribution in [0.3, 0.4) is 0 Å². The van der Waals surface area contributed by atoms with Crippen molar-refractivity contribution in [2.75, 3.05) is 18.1 Å². The largest absolute Gasteiger partial charge is 0.507 e. The number of Topliss-reactive ketones (excluding diaryl/α,β-unsaturated/α-hetero) is 1. The van der Waals surface area contributed by atoms with Crippen molar-refractivity contribution in [2.24, 2.45) is 0 Å². The van der Waals surface area contributed by atoms with Gasteiger partial charge in [-0.15, -0.1) is 0 Å². The van der Waals surface area contributed by atoms with Gasteiger partial charge in [0.2, 0.25) is 0 Å². The van der Waals surface area contributed by atoms with Crippen LogP contribution in [0.1, 0.15) is 47.8 Å². The molecule has 36 heavy (non-hydrogen) atoms. The van der Waals surface area contributed by atoms with Gasteiger partial charge in [-0.2, -0.15) is 0 Å². The van der Waals surface area contributed by atoms with Gasteiger partial charge >= 0.3 is 5.97 Å². The van der Waals surface area contributed by atoms with E-state index in [1.165, 1.54) is 11.0 Å². The number of hydrogen-bond acceptors (Lipinski definition) is 6. The number of esters is 1. The highest BCUT2D eigenvalue weighted by molar-refractivity contribution is 6.51. The number of aliphatic hydroxyl groups excluding tert-OH is 1. The summed E-state index contributed by atoms with van der Waals surface area (Å²) in [5.41, 5.74) is 1.61. The van der Waals surface area contributed by atoms with Crippen molar-refractivity contribution < 1.29 is 29.0 Å². The lowest BCUT2D eigenvalue weighted by molar-refractivity contribution is -0.132. The maximum Gasteiger partial charge on any atom is 0.338 e. The van der Waals surface area contributed by atoms with Crippen LogP contribution >= 0.6 is 0 Å². The first kappa shape index (κ1) is 24.7. The van der Waals surface area contributed by atoms with E-state index in [2.05, 4.69) is 0 Å². The molecule has 3 aromatic rings. The number of ether oxygens (including phenoxy) is 2. The van der Waals surface area contributed by atoms with Gasteiger partial charge in [-0.25, -0.2) is 4.79 Å². The fraction of sp³-hybridized carbons (Fsp3) is 0.207. The highest BCUT2D eigenvalue weighted by atomic mass is 16.5. The minimum Gasteiger partial charge on any atom is -0.507 e. The van der Waals surface area contributed by atoms with E-state index in [4.69, 9.17) is 9.47 Å². The highest BCUT2D eigenvalue weighted by Gasteiger charge is 2.47. The minimum atomic E-state index is -0.889. The Morgan fingerprint density at radius 1 is 0.917 bits per heavy atom. The number of hydrogen-bond donors (Lipinski definition) is 1. The van der Waals surface area contributed by atoms with Crippen molar-refractivity contribution in [3.63, 3.8) is 0 Å². The molecule has 1 aliphatic heterocycles. The monoisotopic (exact) mass is 485 g/mol. The van der Waals surface area contributed by atoms with Gasteiger partial charge in [0.25, 0.3) is 11.7 Å². The molecule has 1 aliphatic rings. The zero-order chi connectivity index (χ0) is 25.7. The number of aliphatic hydroxyl groups is 1. The van der Waals surface area contributed by atoms with Gasteiger partial charge in [0.1, 0.15) is 11.5 Å². The Morgan fingerprint density at radius 3 is 2.31 bits per heavy atom. The summed E-state index contributed by atoms with van der Waals surface area (Å²) < 4.78 is 10.7. The average Bonchev–Trinajstić information content (AvgIpc) is 3.18. The zero-order valence-corrected chi connectivity index (χ0v) is 20.1. The van der Waals surface area contributed by atoms with Crippen molar-refractivity contribution in [1.82, 2.24) is 0 Å². The number of nitrogens with zero attached hydrogens (tertiary/aromatic N) is 1. The summed E-state index contributed by atoms with van der Waals surface area (Å²) >= 11 is 0. The van der Waals surface area contributed by atoms with E-state index in [0.29, 0.717) is 35.6 Å². The number of ketones is 1. The van der Waals surface area contributed by atoms with Gasteiger partial charge < -0.3 is 14.6 Å². The van der Waals surface area contributed by atoms with E-state index in [9.17, 15) is 19.5 Å². The first-order chi connectivity index (χ1) is 17.5. The molecule has 184 valence electrons. The normalized spacial score (nSPS) is 16.7. The predicted octanol–water partition coefficient (Wildman–Crippen LogP) is 5.28. The van der Waals surface area contributed by atoms with Gasteiger partial charge in [0, 0.05) is 11.3 Å². The van der Waals surface area contributed by atoms with Crippen LogP contribution in [0.4, 0.5) is 5.69 Å². The number of carbonyl (C=O) groups is 3. The fourth-order valence-electron chi connectivity index (χ4n) is 4.14. The van der Waals surface area contributed by atoms with Crippen LogP contribution in [0, 0.1) is 0 Å². The third kappa shape index (κ3) is 4.86. The summed E-state index contributed by atoms with van der Waals surface area (Å²) in [4.78, 5) is 40.4. The second-order valence-electron chi connectivity index (χ2n) is 8.22. The van der Waals surface area contributed by atoms with Crippen LogP contribution in [-0.2, 0) is 14.3 Å². The van der Waals surface area contributed by atoms with Crippen molar-refractivity contribution in [3.05, 3.63) is 101 Å². The summed E-state index contributed by atoms with van der Waals surface area (Å²) in [6.45, 7) is 4.54. The van der Waals surface area contributed by atoms with Crippen LogP contribution in [-0.4, -0.2) is 36.0 Å². The third-order valence-corrected chi connectivity index (χ3v) is 5.80. The third-order valence-electron chi connectivity index (χ3n) is 5.80. The Morgan fingerprint density at radius 2 is 1.64 bits per heavy atom. The molecule has 1 heterocycles. The molecule has 7 heteroatoms. The van der Waals surface area contributed by atoms with Crippen LogP contribution in [0.2, 0.25) is 0 Å². The lowest BCUT2D eigenvalue weighted by atomic mass is 9.95. The number of benzene rings is 3. The van der Waals surface area contributed by atoms with E-state index in [0.717, 1.165) is 0 Å². The van der Waals surface area contributed by atoms with Gasteiger partial charge in [-0.05, 0) is 61.4 Å². The van der Waals surface area contributed by atoms with E-state index in [1.807, 2.05) is 19.9 Å². The Balaban J connectivity index is 1.82. The lowest BCUT2D eigenvalue weighted by Gasteiger charge is -2.25. The molecular weight excluding hydrogens is 458 g/mol. The second-order valence-corrected chi connectivity index (χ2v) is 8.22. The van der Waals surface area contributed by atoms with Crippen LogP contribution in [0.25, 0.3) is 5.76 Å². The lowest BCUT2D eigenvalue weighted by Crippen LogP contribution is -2.29. The van der Waals surface area contributed by atoms with Crippen LogP contribution in [0.5, 0.6) is 5.75 Å². The maximum atomic E-state index is 13.3. The standard InChI is InChI=1S/C29H27NO6/c1-3-17-36-29(34)21-11-8-12-22(18-21)30-25(19-9-6-5-7-10-19)24(27(32)28(30)33)26(31)20-13-15-23(16-14-20)35-4-2/h5-16,18,25,31H,3-4,17H2,1-2H3/b26-24+. The van der Waals surface area contributed by atoms with Gasteiger partial charge in [0.15, 0.2) is 0 Å². The topological polar surface area (TPSA) is 93.1 Å².